The van der Waals surface area contributed by atoms with Gasteiger partial charge in [-0.25, -0.2) is 0 Å². The molecule has 2 aromatic carbocycles. The van der Waals surface area contributed by atoms with Crippen LogP contribution < -0.4 is 9.47 Å². The van der Waals surface area contributed by atoms with Gasteiger partial charge in [-0.15, -0.1) is 0 Å². The zero-order valence-corrected chi connectivity index (χ0v) is 14.2. The van der Waals surface area contributed by atoms with Crippen LogP contribution in [0.25, 0.3) is 0 Å². The fourth-order valence-corrected chi connectivity index (χ4v) is 3.76. The van der Waals surface area contributed by atoms with Gasteiger partial charge >= 0.3 is 0 Å². The first-order valence-corrected chi connectivity index (χ1v) is 8.96. The van der Waals surface area contributed by atoms with Crippen LogP contribution in [0.1, 0.15) is 24.8 Å². The Labute approximate surface area is 148 Å². The Kier molecular flexibility index (Phi) is 4.33. The normalized spacial score (nSPS) is 19.5. The van der Waals surface area contributed by atoms with E-state index >= 15 is 0 Å². The Morgan fingerprint density at radius 2 is 1.56 bits per heavy atom. The lowest BCUT2D eigenvalue weighted by molar-refractivity contribution is -0.121. The number of likely N-dealkylation sites (tertiary alicyclic amines) is 1. The molecule has 0 amide bonds. The predicted molar refractivity (Wildman–Crippen MR) is 95.2 cm³/mol. The van der Waals surface area contributed by atoms with Crippen molar-refractivity contribution in [3.8, 4) is 17.6 Å². The molecule has 0 bridgehead atoms. The third kappa shape index (κ3) is 2.96. The molecule has 1 unspecified atom stereocenters. The van der Waals surface area contributed by atoms with Crippen molar-refractivity contribution in [1.82, 2.24) is 4.90 Å². The van der Waals surface area contributed by atoms with Crippen molar-refractivity contribution < 1.29 is 9.47 Å². The topological polar surface area (TPSA) is 45.5 Å². The molecule has 2 aliphatic heterocycles. The van der Waals surface area contributed by atoms with Crippen LogP contribution in [0.3, 0.4) is 0 Å². The maximum Gasteiger partial charge on any atom is 0.294 e. The number of hydrogen-bond acceptors (Lipinski definition) is 4. The van der Waals surface area contributed by atoms with Gasteiger partial charge in [-0.1, -0.05) is 42.5 Å². The Hall–Kier alpha value is -2.51. The van der Waals surface area contributed by atoms with Gasteiger partial charge in [-0.3, -0.25) is 0 Å². The minimum atomic E-state index is -1.07. The van der Waals surface area contributed by atoms with Crippen molar-refractivity contribution in [3.63, 3.8) is 0 Å². The lowest BCUT2D eigenvalue weighted by Crippen LogP contribution is -2.44. The summed E-state index contributed by atoms with van der Waals surface area (Å²) in [5.74, 6) is -0.0529. The second-order valence-corrected chi connectivity index (χ2v) is 6.70. The minimum Gasteiger partial charge on any atom is -0.443 e. The Morgan fingerprint density at radius 3 is 2.16 bits per heavy atom. The zero-order valence-electron chi connectivity index (χ0n) is 14.2. The van der Waals surface area contributed by atoms with E-state index in [-0.39, 0.29) is 5.92 Å². The van der Waals surface area contributed by atoms with E-state index in [1.807, 2.05) is 54.6 Å². The summed E-state index contributed by atoms with van der Waals surface area (Å²) in [4.78, 5) is 2.42. The highest BCUT2D eigenvalue weighted by molar-refractivity contribution is 5.45. The monoisotopic (exact) mass is 334 g/mol. The first-order chi connectivity index (χ1) is 12.3. The third-order valence-electron chi connectivity index (χ3n) is 5.10. The number of nitrogens with zero attached hydrogens (tertiary/aromatic N) is 2. The highest BCUT2D eigenvalue weighted by Gasteiger charge is 2.50. The van der Waals surface area contributed by atoms with Crippen molar-refractivity contribution in [1.29, 1.82) is 5.26 Å². The van der Waals surface area contributed by atoms with E-state index in [1.165, 1.54) is 12.8 Å². The average Bonchev–Trinajstić information content (AvgIpc) is 3.31. The van der Waals surface area contributed by atoms with Crippen molar-refractivity contribution in [2.24, 2.45) is 5.92 Å². The highest BCUT2D eigenvalue weighted by Crippen LogP contribution is 2.48. The van der Waals surface area contributed by atoms with E-state index in [0.717, 1.165) is 31.6 Å². The second kappa shape index (κ2) is 6.78. The summed E-state index contributed by atoms with van der Waals surface area (Å²) < 4.78 is 12.6. The molecule has 1 atom stereocenters. The van der Waals surface area contributed by atoms with Crippen molar-refractivity contribution in [3.05, 3.63) is 60.2 Å². The van der Waals surface area contributed by atoms with E-state index in [1.54, 1.807) is 0 Å². The summed E-state index contributed by atoms with van der Waals surface area (Å²) in [5.41, 5.74) is 0.888. The van der Waals surface area contributed by atoms with Crippen LogP contribution in [0, 0.1) is 17.2 Å². The smallest absolute Gasteiger partial charge is 0.294 e. The maximum absolute atomic E-state index is 9.94. The molecule has 1 saturated heterocycles. The maximum atomic E-state index is 9.94. The van der Waals surface area contributed by atoms with E-state index in [0.29, 0.717) is 11.5 Å². The number of hydrogen-bond donors (Lipinski definition) is 0. The van der Waals surface area contributed by atoms with E-state index in [9.17, 15) is 5.26 Å². The van der Waals surface area contributed by atoms with Gasteiger partial charge in [0.2, 0.25) is 0 Å². The first kappa shape index (κ1) is 16.0. The minimum absolute atomic E-state index is 0.386. The molecule has 0 spiro atoms. The van der Waals surface area contributed by atoms with Gasteiger partial charge in [0.1, 0.15) is 5.92 Å². The van der Waals surface area contributed by atoms with Gasteiger partial charge in [0.25, 0.3) is 5.79 Å². The van der Waals surface area contributed by atoms with E-state index < -0.39 is 5.79 Å². The summed E-state index contributed by atoms with van der Waals surface area (Å²) in [7, 11) is 0. The fourth-order valence-electron chi connectivity index (χ4n) is 3.76. The quantitative estimate of drug-likeness (QED) is 0.831. The summed E-state index contributed by atoms with van der Waals surface area (Å²) in [6.07, 6.45) is 3.22. The molecule has 0 saturated carbocycles. The molecule has 25 heavy (non-hydrogen) atoms. The number of fused-ring (bicyclic) bond motifs is 1. The van der Waals surface area contributed by atoms with E-state index in [2.05, 4.69) is 11.0 Å². The van der Waals surface area contributed by atoms with Gasteiger partial charge in [-0.2, -0.15) is 5.26 Å². The lowest BCUT2D eigenvalue weighted by Gasteiger charge is -2.33. The van der Waals surface area contributed by atoms with Crippen LogP contribution in [0.4, 0.5) is 0 Å². The molecule has 0 radical (unpaired) electrons. The highest BCUT2D eigenvalue weighted by atomic mass is 16.7. The molecular formula is C21H22N2O2. The molecule has 1 fully saturated rings. The van der Waals surface area contributed by atoms with Crippen LogP contribution >= 0.6 is 0 Å². The first-order valence-electron chi connectivity index (χ1n) is 8.96. The van der Waals surface area contributed by atoms with Crippen molar-refractivity contribution in [2.75, 3.05) is 19.6 Å². The largest absolute Gasteiger partial charge is 0.443 e. The molecule has 4 nitrogen and oxygen atoms in total. The molecule has 4 heteroatoms. The molecule has 0 N–H and O–H groups in total. The van der Waals surface area contributed by atoms with E-state index in [4.69, 9.17) is 9.47 Å². The van der Waals surface area contributed by atoms with Crippen LogP contribution in [0.15, 0.2) is 54.6 Å². The number of ether oxygens (including phenoxy) is 2. The Bertz CT molecular complexity index is 738. The fraction of sp³-hybridized carbons (Fsp3) is 0.381. The van der Waals surface area contributed by atoms with Crippen molar-refractivity contribution in [2.45, 2.75) is 25.0 Å². The summed E-state index contributed by atoms with van der Waals surface area (Å²) >= 11 is 0. The van der Waals surface area contributed by atoms with Gasteiger partial charge in [-0.05, 0) is 51.0 Å². The standard InChI is InChI=1S/C21H22N2O2/c22-16-18(12-15-23-13-6-7-14-23)21(17-8-2-1-3-9-17)24-19-10-4-5-11-20(19)25-21/h1-5,8-11,18H,6-7,12-15H2. The van der Waals surface area contributed by atoms with Gasteiger partial charge in [0.05, 0.1) is 6.07 Å². The third-order valence-corrected chi connectivity index (χ3v) is 5.10. The molecular weight excluding hydrogens is 312 g/mol. The van der Waals surface area contributed by atoms with Gasteiger partial charge < -0.3 is 14.4 Å². The number of rotatable bonds is 5. The Morgan fingerprint density at radius 1 is 0.960 bits per heavy atom. The molecule has 2 aliphatic rings. The molecule has 2 aromatic rings. The Balaban J connectivity index is 1.65. The van der Waals surface area contributed by atoms with Crippen LogP contribution in [-0.2, 0) is 5.79 Å². The molecule has 2 heterocycles. The average molecular weight is 334 g/mol. The predicted octanol–water partition coefficient (Wildman–Crippen LogP) is 3.94. The lowest BCUT2D eigenvalue weighted by atomic mass is 9.89. The van der Waals surface area contributed by atoms with Gasteiger partial charge in [0, 0.05) is 5.56 Å². The summed E-state index contributed by atoms with van der Waals surface area (Å²) in [6.45, 7) is 3.15. The number of para-hydroxylation sites is 2. The van der Waals surface area contributed by atoms with Crippen LogP contribution in [0.2, 0.25) is 0 Å². The van der Waals surface area contributed by atoms with Crippen molar-refractivity contribution >= 4 is 0 Å². The molecule has 4 rings (SSSR count). The number of nitriles is 1. The molecule has 0 aromatic heterocycles. The summed E-state index contributed by atoms with van der Waals surface area (Å²) in [5, 5.41) is 9.94. The van der Waals surface area contributed by atoms with Crippen LogP contribution in [0.5, 0.6) is 11.5 Å². The summed E-state index contributed by atoms with van der Waals surface area (Å²) in [6, 6.07) is 20.0. The van der Waals surface area contributed by atoms with Crippen LogP contribution in [-0.4, -0.2) is 24.5 Å². The molecule has 128 valence electrons. The SMILES string of the molecule is N#CC(CCN1CCCC1)C1(c2ccccc2)Oc2ccccc2O1. The zero-order chi connectivity index (χ0) is 17.1. The second-order valence-electron chi connectivity index (χ2n) is 6.70. The van der Waals surface area contributed by atoms with Gasteiger partial charge in [0.15, 0.2) is 11.5 Å². The molecule has 0 aliphatic carbocycles. The number of benzene rings is 2.